The summed E-state index contributed by atoms with van der Waals surface area (Å²) in [5.41, 5.74) is 0. The molecule has 102 valence electrons. The van der Waals surface area contributed by atoms with E-state index in [0.717, 1.165) is 6.07 Å². The Morgan fingerprint density at radius 1 is 1.44 bits per heavy atom. The largest absolute Gasteiger partial charge is 0.395 e. The maximum absolute atomic E-state index is 13.5. The fraction of sp³-hybridized carbons (Fsp3) is 0.455. The smallest absolute Gasteiger partial charge is 0.243 e. The lowest BCUT2D eigenvalue weighted by Gasteiger charge is -2.20. The molecule has 2 N–H and O–H groups in total. The Morgan fingerprint density at radius 3 is 2.56 bits per heavy atom. The summed E-state index contributed by atoms with van der Waals surface area (Å²) in [6.07, 6.45) is 0. The van der Waals surface area contributed by atoms with Crippen LogP contribution < -0.4 is 4.72 Å². The van der Waals surface area contributed by atoms with E-state index in [1.54, 1.807) is 13.8 Å². The molecule has 4 nitrogen and oxygen atoms in total. The molecule has 0 aliphatic rings. The number of rotatable bonds is 5. The van der Waals surface area contributed by atoms with Crippen LogP contribution in [0.15, 0.2) is 27.6 Å². The van der Waals surface area contributed by atoms with Crippen molar-refractivity contribution in [1.82, 2.24) is 4.72 Å². The number of nitrogens with one attached hydrogen (secondary N) is 1. The van der Waals surface area contributed by atoms with E-state index >= 15 is 0 Å². The molecule has 0 amide bonds. The Balaban J connectivity index is 3.10. The van der Waals surface area contributed by atoms with Crippen LogP contribution in [0.5, 0.6) is 0 Å². The second-order valence-corrected chi connectivity index (χ2v) is 6.83. The van der Waals surface area contributed by atoms with E-state index in [1.165, 1.54) is 12.1 Å². The van der Waals surface area contributed by atoms with Crippen molar-refractivity contribution in [2.75, 3.05) is 6.61 Å². The van der Waals surface area contributed by atoms with Crippen LogP contribution in [0.25, 0.3) is 0 Å². The van der Waals surface area contributed by atoms with Crippen LogP contribution in [-0.2, 0) is 10.0 Å². The van der Waals surface area contributed by atoms with Crippen LogP contribution in [0.4, 0.5) is 4.39 Å². The SMILES string of the molecule is CC(C)[C@@H](CO)NS(=O)(=O)c1cc(Br)ccc1F. The highest BCUT2D eigenvalue weighted by atomic mass is 79.9. The Morgan fingerprint density at radius 2 is 2.06 bits per heavy atom. The lowest BCUT2D eigenvalue weighted by atomic mass is 10.1. The van der Waals surface area contributed by atoms with E-state index in [9.17, 15) is 12.8 Å². The van der Waals surface area contributed by atoms with Crippen molar-refractivity contribution in [3.05, 3.63) is 28.5 Å². The second-order valence-electron chi connectivity index (χ2n) is 4.23. The van der Waals surface area contributed by atoms with Gasteiger partial charge in [-0.2, -0.15) is 0 Å². The molecule has 1 atom stereocenters. The van der Waals surface area contributed by atoms with Gasteiger partial charge in [-0.3, -0.25) is 0 Å². The summed E-state index contributed by atoms with van der Waals surface area (Å²) in [6, 6.07) is 3.03. The average Bonchev–Trinajstić information content (AvgIpc) is 2.28. The van der Waals surface area contributed by atoms with Crippen molar-refractivity contribution < 1.29 is 17.9 Å². The minimum atomic E-state index is -3.98. The third kappa shape index (κ3) is 3.74. The molecule has 1 rings (SSSR count). The van der Waals surface area contributed by atoms with E-state index < -0.39 is 26.8 Å². The summed E-state index contributed by atoms with van der Waals surface area (Å²) < 4.78 is 40.3. The fourth-order valence-electron chi connectivity index (χ4n) is 1.33. The van der Waals surface area contributed by atoms with Gasteiger partial charge < -0.3 is 5.11 Å². The van der Waals surface area contributed by atoms with Gasteiger partial charge in [0, 0.05) is 10.5 Å². The zero-order valence-corrected chi connectivity index (χ0v) is 12.4. The molecule has 18 heavy (non-hydrogen) atoms. The molecule has 0 aromatic heterocycles. The van der Waals surface area contributed by atoms with E-state index in [-0.39, 0.29) is 12.5 Å². The Bertz CT molecular complexity index is 519. The number of hydrogen-bond acceptors (Lipinski definition) is 3. The molecule has 0 saturated carbocycles. The van der Waals surface area contributed by atoms with E-state index in [4.69, 9.17) is 5.11 Å². The molecule has 0 bridgehead atoms. The van der Waals surface area contributed by atoms with Gasteiger partial charge in [-0.1, -0.05) is 29.8 Å². The molecule has 0 aliphatic carbocycles. The van der Waals surface area contributed by atoms with Gasteiger partial charge in [0.1, 0.15) is 10.7 Å². The summed E-state index contributed by atoms with van der Waals surface area (Å²) in [6.45, 7) is 3.19. The first-order valence-electron chi connectivity index (χ1n) is 5.36. The van der Waals surface area contributed by atoms with Gasteiger partial charge >= 0.3 is 0 Å². The number of sulfonamides is 1. The topological polar surface area (TPSA) is 66.4 Å². The van der Waals surface area contributed by atoms with Crippen molar-refractivity contribution in [2.24, 2.45) is 5.92 Å². The number of halogens is 2. The quantitative estimate of drug-likeness (QED) is 0.860. The van der Waals surface area contributed by atoms with Gasteiger partial charge in [0.05, 0.1) is 6.61 Å². The maximum atomic E-state index is 13.5. The Labute approximate surface area is 114 Å². The van der Waals surface area contributed by atoms with Crippen molar-refractivity contribution in [2.45, 2.75) is 24.8 Å². The van der Waals surface area contributed by atoms with Crippen LogP contribution in [0.3, 0.4) is 0 Å². The molecule has 0 aliphatic heterocycles. The third-order valence-corrected chi connectivity index (χ3v) is 4.49. The Hall–Kier alpha value is -0.500. The second kappa shape index (κ2) is 6.10. The van der Waals surface area contributed by atoms with Gasteiger partial charge in [0.25, 0.3) is 0 Å². The monoisotopic (exact) mass is 339 g/mol. The van der Waals surface area contributed by atoms with Crippen LogP contribution in [0, 0.1) is 11.7 Å². The summed E-state index contributed by atoms with van der Waals surface area (Å²) in [5, 5.41) is 9.10. The van der Waals surface area contributed by atoms with Crippen LogP contribution in [0.1, 0.15) is 13.8 Å². The molecule has 0 heterocycles. The maximum Gasteiger partial charge on any atom is 0.243 e. The third-order valence-electron chi connectivity index (χ3n) is 2.49. The van der Waals surface area contributed by atoms with E-state index in [2.05, 4.69) is 20.7 Å². The van der Waals surface area contributed by atoms with Crippen molar-refractivity contribution >= 4 is 26.0 Å². The highest BCUT2D eigenvalue weighted by Crippen LogP contribution is 2.20. The molecule has 0 saturated heterocycles. The molecule has 1 aromatic carbocycles. The zero-order chi connectivity index (χ0) is 13.9. The van der Waals surface area contributed by atoms with Gasteiger partial charge in [0.15, 0.2) is 0 Å². The molecule has 1 aromatic rings. The summed E-state index contributed by atoms with van der Waals surface area (Å²) in [5.74, 6) is -0.925. The Kier molecular flexibility index (Phi) is 5.27. The summed E-state index contributed by atoms with van der Waals surface area (Å²) in [4.78, 5) is -0.434. The van der Waals surface area contributed by atoms with Crippen molar-refractivity contribution in [1.29, 1.82) is 0 Å². The van der Waals surface area contributed by atoms with E-state index in [1.807, 2.05) is 0 Å². The summed E-state index contributed by atoms with van der Waals surface area (Å²) in [7, 11) is -3.98. The number of aliphatic hydroxyl groups is 1. The van der Waals surface area contributed by atoms with Gasteiger partial charge in [-0.15, -0.1) is 0 Å². The van der Waals surface area contributed by atoms with Crippen LogP contribution in [0.2, 0.25) is 0 Å². The predicted octanol–water partition coefficient (Wildman–Crippen LogP) is 1.88. The number of aliphatic hydroxyl groups excluding tert-OH is 1. The average molecular weight is 340 g/mol. The van der Waals surface area contributed by atoms with Gasteiger partial charge in [-0.25, -0.2) is 17.5 Å². The minimum Gasteiger partial charge on any atom is -0.395 e. The first-order valence-corrected chi connectivity index (χ1v) is 7.63. The predicted molar refractivity (Wildman–Crippen MR) is 70.1 cm³/mol. The lowest BCUT2D eigenvalue weighted by Crippen LogP contribution is -2.41. The normalized spacial score (nSPS) is 13.9. The van der Waals surface area contributed by atoms with Crippen LogP contribution in [-0.4, -0.2) is 26.2 Å². The highest BCUT2D eigenvalue weighted by molar-refractivity contribution is 9.10. The van der Waals surface area contributed by atoms with Crippen molar-refractivity contribution in [3.63, 3.8) is 0 Å². The number of benzene rings is 1. The molecule has 7 heteroatoms. The standard InChI is InChI=1S/C11H15BrFNO3S/c1-7(2)10(6-15)14-18(16,17)11-5-8(12)3-4-9(11)13/h3-5,7,10,14-15H,6H2,1-2H3/t10-/m1/s1. The molecule has 0 unspecified atom stereocenters. The minimum absolute atomic E-state index is 0.0972. The van der Waals surface area contributed by atoms with Crippen molar-refractivity contribution in [3.8, 4) is 0 Å². The fourth-order valence-corrected chi connectivity index (χ4v) is 3.32. The first kappa shape index (κ1) is 15.6. The summed E-state index contributed by atoms with van der Waals surface area (Å²) >= 11 is 3.09. The molecule has 0 spiro atoms. The van der Waals surface area contributed by atoms with Gasteiger partial charge in [-0.05, 0) is 24.1 Å². The zero-order valence-electron chi connectivity index (χ0n) is 10.0. The first-order chi connectivity index (χ1) is 8.27. The molecule has 0 radical (unpaired) electrons. The van der Waals surface area contributed by atoms with E-state index in [0.29, 0.717) is 4.47 Å². The molecule has 0 fully saturated rings. The molecular weight excluding hydrogens is 325 g/mol. The lowest BCUT2D eigenvalue weighted by molar-refractivity contribution is 0.227. The number of hydrogen-bond donors (Lipinski definition) is 2. The van der Waals surface area contributed by atoms with Crippen LogP contribution >= 0.6 is 15.9 Å². The van der Waals surface area contributed by atoms with Gasteiger partial charge in [0.2, 0.25) is 10.0 Å². The molecular formula is C11H15BrFNO3S. The highest BCUT2D eigenvalue weighted by Gasteiger charge is 2.24.